The average Bonchev–Trinajstić information content (AvgIpc) is 2.88. The molecule has 1 unspecified atom stereocenters. The number of nitrogens with two attached hydrogens (primary N) is 1. The molecular formula is C14H18F2N4S. The third kappa shape index (κ3) is 2.95. The van der Waals surface area contributed by atoms with Crippen LogP contribution in [0, 0.1) is 18.6 Å². The summed E-state index contributed by atoms with van der Waals surface area (Å²) in [6, 6.07) is 1.82. The first kappa shape index (κ1) is 15.9. The summed E-state index contributed by atoms with van der Waals surface area (Å²) in [5.41, 5.74) is 3.13. The molecule has 0 saturated heterocycles. The molecule has 1 atom stereocenters. The van der Waals surface area contributed by atoms with E-state index in [-0.39, 0.29) is 11.0 Å². The van der Waals surface area contributed by atoms with E-state index in [0.29, 0.717) is 16.1 Å². The Labute approximate surface area is 126 Å². The number of benzene rings is 1. The molecule has 21 heavy (non-hydrogen) atoms. The lowest BCUT2D eigenvalue weighted by atomic mass is 9.88. The molecular weight excluding hydrogens is 294 g/mol. The summed E-state index contributed by atoms with van der Waals surface area (Å²) >= 11 is 1.09. The smallest absolute Gasteiger partial charge is 0.134 e. The van der Waals surface area contributed by atoms with Crippen molar-refractivity contribution in [3.63, 3.8) is 0 Å². The molecule has 0 aliphatic heterocycles. The van der Waals surface area contributed by atoms with E-state index < -0.39 is 17.7 Å². The van der Waals surface area contributed by atoms with Gasteiger partial charge in [0.05, 0.1) is 16.6 Å². The number of aryl methyl sites for hydroxylation is 1. The fraction of sp³-hybridized carbons (Fsp3) is 0.429. The van der Waals surface area contributed by atoms with Gasteiger partial charge in [-0.25, -0.2) is 14.2 Å². The van der Waals surface area contributed by atoms with Gasteiger partial charge in [0.1, 0.15) is 11.6 Å². The second-order valence-electron chi connectivity index (χ2n) is 5.93. The van der Waals surface area contributed by atoms with E-state index in [4.69, 9.17) is 5.84 Å². The summed E-state index contributed by atoms with van der Waals surface area (Å²) in [5, 5.41) is 4.09. The van der Waals surface area contributed by atoms with E-state index in [2.05, 4.69) is 15.0 Å². The standard InChI is InChI=1S/C14H18F2N4S/c1-7-5-6-8(15)9(10(7)16)11(18-17)12-13(14(2,3)4)19-20-21-12/h5-6,11,18H,17H2,1-4H3. The van der Waals surface area contributed by atoms with Crippen LogP contribution in [0.3, 0.4) is 0 Å². The van der Waals surface area contributed by atoms with Crippen LogP contribution in [0.15, 0.2) is 12.1 Å². The van der Waals surface area contributed by atoms with Crippen LogP contribution in [0.5, 0.6) is 0 Å². The lowest BCUT2D eigenvalue weighted by molar-refractivity contribution is 0.497. The molecule has 114 valence electrons. The van der Waals surface area contributed by atoms with Crippen LogP contribution >= 0.6 is 11.5 Å². The van der Waals surface area contributed by atoms with Gasteiger partial charge in [-0.3, -0.25) is 5.84 Å². The Morgan fingerprint density at radius 2 is 1.95 bits per heavy atom. The minimum absolute atomic E-state index is 0.103. The van der Waals surface area contributed by atoms with E-state index >= 15 is 0 Å². The van der Waals surface area contributed by atoms with Gasteiger partial charge >= 0.3 is 0 Å². The Balaban J connectivity index is 2.62. The second kappa shape index (κ2) is 5.75. The number of halogens is 2. The van der Waals surface area contributed by atoms with Crippen molar-refractivity contribution < 1.29 is 8.78 Å². The fourth-order valence-corrected chi connectivity index (χ4v) is 3.08. The van der Waals surface area contributed by atoms with Gasteiger partial charge in [-0.15, -0.1) is 5.10 Å². The summed E-state index contributed by atoms with van der Waals surface area (Å²) in [6.45, 7) is 7.47. The lowest BCUT2D eigenvalue weighted by Crippen LogP contribution is -2.32. The van der Waals surface area contributed by atoms with Crippen LogP contribution in [0.4, 0.5) is 8.78 Å². The zero-order valence-electron chi connectivity index (χ0n) is 12.4. The molecule has 7 heteroatoms. The quantitative estimate of drug-likeness (QED) is 0.675. The van der Waals surface area contributed by atoms with Crippen molar-refractivity contribution in [3.8, 4) is 0 Å². The van der Waals surface area contributed by atoms with Gasteiger partial charge in [0, 0.05) is 11.0 Å². The number of aromatic nitrogens is 2. The van der Waals surface area contributed by atoms with Crippen LogP contribution in [0.2, 0.25) is 0 Å². The topological polar surface area (TPSA) is 63.8 Å². The van der Waals surface area contributed by atoms with Crippen molar-refractivity contribution >= 4 is 11.5 Å². The molecule has 0 bridgehead atoms. The van der Waals surface area contributed by atoms with Crippen molar-refractivity contribution in [1.82, 2.24) is 15.0 Å². The Hall–Kier alpha value is -1.44. The van der Waals surface area contributed by atoms with Crippen LogP contribution in [0.25, 0.3) is 0 Å². The Morgan fingerprint density at radius 1 is 1.29 bits per heavy atom. The third-order valence-electron chi connectivity index (χ3n) is 3.26. The zero-order valence-corrected chi connectivity index (χ0v) is 13.2. The van der Waals surface area contributed by atoms with E-state index in [1.807, 2.05) is 20.8 Å². The molecule has 2 rings (SSSR count). The van der Waals surface area contributed by atoms with Gasteiger partial charge in [-0.05, 0) is 30.1 Å². The summed E-state index contributed by atoms with van der Waals surface area (Å²) < 4.78 is 32.4. The van der Waals surface area contributed by atoms with Crippen molar-refractivity contribution in [2.45, 2.75) is 39.2 Å². The first-order chi connectivity index (χ1) is 9.77. The van der Waals surface area contributed by atoms with Crippen molar-refractivity contribution in [1.29, 1.82) is 0 Å². The predicted molar refractivity (Wildman–Crippen MR) is 78.9 cm³/mol. The van der Waals surface area contributed by atoms with E-state index in [1.54, 1.807) is 6.92 Å². The largest absolute Gasteiger partial charge is 0.271 e. The van der Waals surface area contributed by atoms with E-state index in [9.17, 15) is 8.78 Å². The number of hydrogen-bond donors (Lipinski definition) is 2. The van der Waals surface area contributed by atoms with Crippen LogP contribution in [-0.2, 0) is 5.41 Å². The van der Waals surface area contributed by atoms with Gasteiger partial charge in [0.15, 0.2) is 0 Å². The van der Waals surface area contributed by atoms with Crippen molar-refractivity contribution in [3.05, 3.63) is 45.5 Å². The summed E-state index contributed by atoms with van der Waals surface area (Å²) in [4.78, 5) is 0.619. The third-order valence-corrected chi connectivity index (χ3v) is 4.05. The Bertz CT molecular complexity index is 649. The number of nitrogens with one attached hydrogen (secondary N) is 1. The maximum atomic E-state index is 14.3. The summed E-state index contributed by atoms with van der Waals surface area (Å²) in [6.07, 6.45) is 0. The number of hydrogen-bond acceptors (Lipinski definition) is 5. The molecule has 2 aromatic rings. The highest BCUT2D eigenvalue weighted by Gasteiger charge is 2.31. The molecule has 1 aromatic carbocycles. The van der Waals surface area contributed by atoms with Crippen LogP contribution in [0.1, 0.15) is 48.5 Å². The van der Waals surface area contributed by atoms with E-state index in [1.165, 1.54) is 12.1 Å². The highest BCUT2D eigenvalue weighted by Crippen LogP contribution is 2.35. The average molecular weight is 312 g/mol. The number of nitrogens with zero attached hydrogens (tertiary/aromatic N) is 2. The minimum atomic E-state index is -0.820. The molecule has 0 amide bonds. The number of hydrazine groups is 1. The zero-order chi connectivity index (χ0) is 15.8. The molecule has 0 aliphatic carbocycles. The first-order valence-electron chi connectivity index (χ1n) is 6.50. The molecule has 1 heterocycles. The van der Waals surface area contributed by atoms with Gasteiger partial charge in [0.2, 0.25) is 0 Å². The summed E-state index contributed by atoms with van der Waals surface area (Å²) in [5.74, 6) is 4.31. The SMILES string of the molecule is Cc1ccc(F)c(C(NN)c2snnc2C(C)(C)C)c1F. The summed E-state index contributed by atoms with van der Waals surface area (Å²) in [7, 11) is 0. The van der Waals surface area contributed by atoms with Crippen molar-refractivity contribution in [2.24, 2.45) is 5.84 Å². The molecule has 1 aromatic heterocycles. The first-order valence-corrected chi connectivity index (χ1v) is 7.28. The van der Waals surface area contributed by atoms with Gasteiger partial charge in [-0.1, -0.05) is 31.3 Å². The van der Waals surface area contributed by atoms with Crippen LogP contribution < -0.4 is 11.3 Å². The van der Waals surface area contributed by atoms with Gasteiger partial charge < -0.3 is 0 Å². The number of rotatable bonds is 3. The molecule has 0 radical (unpaired) electrons. The maximum absolute atomic E-state index is 14.3. The maximum Gasteiger partial charge on any atom is 0.134 e. The lowest BCUT2D eigenvalue weighted by Gasteiger charge is -2.22. The Kier molecular flexibility index (Phi) is 4.36. The second-order valence-corrected chi connectivity index (χ2v) is 6.71. The molecule has 3 N–H and O–H groups in total. The normalized spacial score (nSPS) is 13.5. The fourth-order valence-electron chi connectivity index (χ4n) is 2.14. The van der Waals surface area contributed by atoms with E-state index in [0.717, 1.165) is 11.5 Å². The minimum Gasteiger partial charge on any atom is -0.271 e. The molecule has 4 nitrogen and oxygen atoms in total. The Morgan fingerprint density at radius 3 is 2.52 bits per heavy atom. The highest BCUT2D eigenvalue weighted by atomic mass is 32.1. The molecule has 0 aliphatic rings. The van der Waals surface area contributed by atoms with Gasteiger partial charge in [-0.2, -0.15) is 0 Å². The van der Waals surface area contributed by atoms with Crippen molar-refractivity contribution in [2.75, 3.05) is 0 Å². The molecule has 0 spiro atoms. The van der Waals surface area contributed by atoms with Gasteiger partial charge in [0.25, 0.3) is 0 Å². The molecule has 0 fully saturated rings. The highest BCUT2D eigenvalue weighted by molar-refractivity contribution is 7.05. The monoisotopic (exact) mass is 312 g/mol. The van der Waals surface area contributed by atoms with Crippen LogP contribution in [-0.4, -0.2) is 9.59 Å². The predicted octanol–water partition coefficient (Wildman–Crippen LogP) is 2.97. The molecule has 0 saturated carbocycles.